The summed E-state index contributed by atoms with van der Waals surface area (Å²) in [5.74, 6) is -2.22. The molecule has 0 radical (unpaired) electrons. The Balaban J connectivity index is 3.53. The van der Waals surface area contributed by atoms with Gasteiger partial charge in [0.05, 0.1) is 0 Å². The molecular weight excluding hydrogens is 110 g/mol. The van der Waals surface area contributed by atoms with Crippen LogP contribution in [0.2, 0.25) is 0 Å². The zero-order valence-corrected chi connectivity index (χ0v) is 4.33. The highest BCUT2D eigenvalue weighted by molar-refractivity contribution is 4.72. The topological polar surface area (TPSA) is 72.7 Å². The average molecular weight is 119 g/mol. The lowest BCUT2D eigenvalue weighted by Gasteiger charge is -2.15. The van der Waals surface area contributed by atoms with Crippen molar-refractivity contribution in [2.45, 2.75) is 12.3 Å². The molecule has 0 atom stereocenters. The predicted octanol–water partition coefficient (Wildman–Crippen LogP) is -0.820. The molecule has 0 aliphatic heterocycles. The molecule has 0 aliphatic rings. The van der Waals surface area contributed by atoms with E-state index >= 15 is 0 Å². The summed E-state index contributed by atoms with van der Waals surface area (Å²) in [6.07, 6.45) is 1.15. The summed E-state index contributed by atoms with van der Waals surface area (Å²) in [6.45, 7) is 3.22. The third-order valence-corrected chi connectivity index (χ3v) is 0.608. The molecule has 0 aromatic rings. The normalized spacial score (nSPS) is 11.4. The van der Waals surface area contributed by atoms with Crippen molar-refractivity contribution in [3.05, 3.63) is 12.7 Å². The van der Waals surface area contributed by atoms with E-state index < -0.39 is 5.91 Å². The predicted molar refractivity (Wildman–Crippen MR) is 26.9 cm³/mol. The van der Waals surface area contributed by atoms with E-state index in [1.807, 2.05) is 0 Å². The highest BCUT2D eigenvalue weighted by atomic mass is 16.6. The van der Waals surface area contributed by atoms with Crippen molar-refractivity contribution in [3.63, 3.8) is 0 Å². The minimum Gasteiger partial charge on any atom is -0.352 e. The van der Waals surface area contributed by atoms with Crippen LogP contribution in [0.4, 0.5) is 0 Å². The molecule has 4 nitrogen and oxygen atoms in total. The molecule has 8 heavy (non-hydrogen) atoms. The van der Waals surface area contributed by atoms with E-state index in [1.54, 1.807) is 0 Å². The van der Waals surface area contributed by atoms with E-state index in [2.05, 4.69) is 6.58 Å². The van der Waals surface area contributed by atoms with Crippen molar-refractivity contribution in [1.82, 2.24) is 5.48 Å². The molecule has 0 aromatic carbocycles. The van der Waals surface area contributed by atoms with Gasteiger partial charge in [0, 0.05) is 6.42 Å². The van der Waals surface area contributed by atoms with Crippen molar-refractivity contribution in [1.29, 1.82) is 0 Å². The van der Waals surface area contributed by atoms with Gasteiger partial charge in [-0.2, -0.15) is 0 Å². The molecule has 0 aromatic heterocycles. The number of hydrogen-bond acceptors (Lipinski definition) is 4. The van der Waals surface area contributed by atoms with Gasteiger partial charge in [0.1, 0.15) is 0 Å². The van der Waals surface area contributed by atoms with Crippen LogP contribution < -0.4 is 5.48 Å². The van der Waals surface area contributed by atoms with Gasteiger partial charge < -0.3 is 15.4 Å². The minimum atomic E-state index is -2.22. The summed E-state index contributed by atoms with van der Waals surface area (Å²) in [6, 6.07) is 0. The third kappa shape index (κ3) is 2.70. The summed E-state index contributed by atoms with van der Waals surface area (Å²) in [5, 5.41) is 24.8. The Morgan fingerprint density at radius 1 is 1.62 bits per heavy atom. The van der Waals surface area contributed by atoms with Gasteiger partial charge in [0.2, 0.25) is 5.91 Å². The van der Waals surface area contributed by atoms with Gasteiger partial charge in [-0.15, -0.1) is 12.1 Å². The Labute approximate surface area is 47.0 Å². The van der Waals surface area contributed by atoms with Crippen molar-refractivity contribution < 1.29 is 15.4 Å². The SMILES string of the molecule is C=CCC(O)(O)NO. The van der Waals surface area contributed by atoms with Crippen LogP contribution in [0.15, 0.2) is 12.7 Å². The lowest BCUT2D eigenvalue weighted by molar-refractivity contribution is -0.237. The molecule has 0 bridgehead atoms. The first-order valence-electron chi connectivity index (χ1n) is 2.09. The van der Waals surface area contributed by atoms with Gasteiger partial charge in [0.25, 0.3) is 0 Å². The molecule has 0 heterocycles. The quantitative estimate of drug-likeness (QED) is 0.222. The van der Waals surface area contributed by atoms with Gasteiger partial charge in [-0.25, -0.2) is 0 Å². The summed E-state index contributed by atoms with van der Waals surface area (Å²) < 4.78 is 0. The zero-order chi connectivity index (χ0) is 6.62. The number of rotatable bonds is 3. The molecule has 0 fully saturated rings. The molecule has 0 rings (SSSR count). The molecule has 48 valence electrons. The van der Waals surface area contributed by atoms with Crippen LogP contribution >= 0.6 is 0 Å². The number of nitrogens with one attached hydrogen (secondary N) is 1. The Kier molecular flexibility index (Phi) is 2.64. The molecule has 0 spiro atoms. The largest absolute Gasteiger partial charge is 0.352 e. The highest BCUT2D eigenvalue weighted by Crippen LogP contribution is 1.98. The maximum Gasteiger partial charge on any atom is 0.247 e. The number of hydroxylamine groups is 1. The second kappa shape index (κ2) is 2.78. The first-order valence-corrected chi connectivity index (χ1v) is 2.09. The second-order valence-electron chi connectivity index (χ2n) is 1.42. The maximum atomic E-state index is 8.45. The zero-order valence-electron chi connectivity index (χ0n) is 4.33. The Bertz CT molecular complexity index is 81.4. The number of aliphatic hydroxyl groups is 2. The van der Waals surface area contributed by atoms with Crippen LogP contribution in [0, 0.1) is 0 Å². The van der Waals surface area contributed by atoms with Crippen LogP contribution in [0.3, 0.4) is 0 Å². The first-order chi connectivity index (χ1) is 3.62. The van der Waals surface area contributed by atoms with Crippen molar-refractivity contribution in [3.8, 4) is 0 Å². The van der Waals surface area contributed by atoms with Crippen molar-refractivity contribution >= 4 is 0 Å². The van der Waals surface area contributed by atoms with Gasteiger partial charge in [-0.05, 0) is 0 Å². The summed E-state index contributed by atoms with van der Waals surface area (Å²) in [5.41, 5.74) is 1.28. The maximum absolute atomic E-state index is 8.45. The molecule has 0 unspecified atom stereocenters. The number of hydrogen-bond donors (Lipinski definition) is 4. The Morgan fingerprint density at radius 3 is 2.25 bits per heavy atom. The van der Waals surface area contributed by atoms with E-state index in [0.29, 0.717) is 0 Å². The van der Waals surface area contributed by atoms with Crippen LogP contribution in [0.5, 0.6) is 0 Å². The van der Waals surface area contributed by atoms with Crippen LogP contribution in [0.25, 0.3) is 0 Å². The fraction of sp³-hybridized carbons (Fsp3) is 0.500. The van der Waals surface area contributed by atoms with Crippen LogP contribution in [-0.4, -0.2) is 21.3 Å². The average Bonchev–Trinajstić information content (AvgIpc) is 1.67. The van der Waals surface area contributed by atoms with Crippen LogP contribution in [0.1, 0.15) is 6.42 Å². The lowest BCUT2D eigenvalue weighted by atomic mass is 10.3. The van der Waals surface area contributed by atoms with E-state index in [4.69, 9.17) is 15.4 Å². The monoisotopic (exact) mass is 119 g/mol. The van der Waals surface area contributed by atoms with E-state index in [-0.39, 0.29) is 6.42 Å². The molecular formula is C4H9NO3. The van der Waals surface area contributed by atoms with E-state index in [9.17, 15) is 0 Å². The first kappa shape index (κ1) is 7.58. The van der Waals surface area contributed by atoms with Gasteiger partial charge in [-0.1, -0.05) is 6.08 Å². The van der Waals surface area contributed by atoms with Crippen LogP contribution in [-0.2, 0) is 0 Å². The molecule has 4 heteroatoms. The standard InChI is InChI=1S/C4H9NO3/c1-2-3-4(6,7)5-8/h2,5-8H,1,3H2. The molecule has 0 saturated carbocycles. The third-order valence-electron chi connectivity index (χ3n) is 0.608. The van der Waals surface area contributed by atoms with Gasteiger partial charge in [-0.3, -0.25) is 0 Å². The fourth-order valence-electron chi connectivity index (χ4n) is 0.247. The molecule has 0 saturated heterocycles. The van der Waals surface area contributed by atoms with Gasteiger partial charge in [0.15, 0.2) is 0 Å². The molecule has 0 amide bonds. The highest BCUT2D eigenvalue weighted by Gasteiger charge is 2.17. The second-order valence-corrected chi connectivity index (χ2v) is 1.42. The van der Waals surface area contributed by atoms with E-state index in [0.717, 1.165) is 0 Å². The molecule has 4 N–H and O–H groups in total. The fourth-order valence-corrected chi connectivity index (χ4v) is 0.247. The minimum absolute atomic E-state index is 0.122. The smallest absolute Gasteiger partial charge is 0.247 e. The summed E-state index contributed by atoms with van der Waals surface area (Å²) in [4.78, 5) is 0. The van der Waals surface area contributed by atoms with Gasteiger partial charge >= 0.3 is 0 Å². The lowest BCUT2D eigenvalue weighted by Crippen LogP contribution is -2.42. The summed E-state index contributed by atoms with van der Waals surface area (Å²) in [7, 11) is 0. The molecule has 0 aliphatic carbocycles. The van der Waals surface area contributed by atoms with E-state index in [1.165, 1.54) is 11.6 Å². The van der Waals surface area contributed by atoms with Crippen molar-refractivity contribution in [2.75, 3.05) is 0 Å². The summed E-state index contributed by atoms with van der Waals surface area (Å²) >= 11 is 0. The van der Waals surface area contributed by atoms with Crippen molar-refractivity contribution in [2.24, 2.45) is 0 Å². The Hall–Kier alpha value is -0.420. The Morgan fingerprint density at radius 2 is 2.12 bits per heavy atom.